The van der Waals surface area contributed by atoms with E-state index in [4.69, 9.17) is 0 Å². The number of benzene rings is 2. The zero-order chi connectivity index (χ0) is 18.4. The molecular weight excluding hydrogens is 338 g/mol. The van der Waals surface area contributed by atoms with Gasteiger partial charge in [0.15, 0.2) is 0 Å². The summed E-state index contributed by atoms with van der Waals surface area (Å²) in [5.41, 5.74) is 6.78. The van der Waals surface area contributed by atoms with Gasteiger partial charge in [-0.25, -0.2) is 0 Å². The summed E-state index contributed by atoms with van der Waals surface area (Å²) in [5, 5.41) is 3.23. The van der Waals surface area contributed by atoms with Crippen LogP contribution in [0.2, 0.25) is 0 Å². The van der Waals surface area contributed by atoms with E-state index in [0.717, 1.165) is 12.2 Å². The molecule has 1 aliphatic carbocycles. The number of hydrogen-bond acceptors (Lipinski definition) is 2. The lowest BCUT2D eigenvalue weighted by Crippen LogP contribution is -2.29. The van der Waals surface area contributed by atoms with E-state index in [-0.39, 0.29) is 11.9 Å². The van der Waals surface area contributed by atoms with Crippen molar-refractivity contribution < 1.29 is 4.79 Å². The van der Waals surface area contributed by atoms with Crippen molar-refractivity contribution in [2.75, 3.05) is 5.75 Å². The number of nitrogens with one attached hydrogen (secondary N) is 1. The maximum absolute atomic E-state index is 12.4. The van der Waals surface area contributed by atoms with Crippen molar-refractivity contribution in [1.82, 2.24) is 5.32 Å². The molecule has 0 radical (unpaired) electrons. The van der Waals surface area contributed by atoms with Crippen molar-refractivity contribution in [3.8, 4) is 0 Å². The minimum Gasteiger partial charge on any atom is -0.349 e. The van der Waals surface area contributed by atoms with Gasteiger partial charge in [0.2, 0.25) is 5.91 Å². The number of hydrogen-bond donors (Lipinski definition) is 1. The predicted octanol–water partition coefficient (Wildman–Crippen LogP) is 5.37. The number of fused-ring (bicyclic) bond motifs is 1. The summed E-state index contributed by atoms with van der Waals surface area (Å²) >= 11 is 1.68. The third-order valence-electron chi connectivity index (χ3n) is 5.10. The second-order valence-corrected chi connectivity index (χ2v) is 8.23. The largest absolute Gasteiger partial charge is 0.349 e. The quantitative estimate of drug-likeness (QED) is 0.712. The van der Waals surface area contributed by atoms with Gasteiger partial charge in [-0.1, -0.05) is 55.0 Å². The molecular formula is C23H29NOS. The third-order valence-corrected chi connectivity index (χ3v) is 6.11. The lowest BCUT2D eigenvalue weighted by molar-refractivity contribution is -0.119. The van der Waals surface area contributed by atoms with Crippen LogP contribution in [0, 0.1) is 6.92 Å². The molecule has 1 atom stereocenters. The standard InChI is InChI=1S/C23H29NOS/c1-3-22(21-12-11-19-9-4-5-10-20(19)14-21)24-23(25)16-26-15-18-8-6-7-17(2)13-18/h6-8,11-14,22H,3-5,9-10,15-16H2,1-2H3,(H,24,25)/t22-/m1/s1. The van der Waals surface area contributed by atoms with Crippen molar-refractivity contribution in [1.29, 1.82) is 0 Å². The Labute approximate surface area is 161 Å². The smallest absolute Gasteiger partial charge is 0.230 e. The lowest BCUT2D eigenvalue weighted by atomic mass is 9.89. The fourth-order valence-corrected chi connectivity index (χ4v) is 4.48. The van der Waals surface area contributed by atoms with Gasteiger partial charge in [-0.15, -0.1) is 11.8 Å². The maximum Gasteiger partial charge on any atom is 0.230 e. The first-order valence-electron chi connectivity index (χ1n) is 9.70. The molecule has 3 heteroatoms. The van der Waals surface area contributed by atoms with Crippen molar-refractivity contribution in [3.05, 3.63) is 70.3 Å². The van der Waals surface area contributed by atoms with Crippen LogP contribution < -0.4 is 5.32 Å². The summed E-state index contributed by atoms with van der Waals surface area (Å²) < 4.78 is 0. The first-order chi connectivity index (χ1) is 12.7. The van der Waals surface area contributed by atoms with E-state index in [1.165, 1.54) is 53.5 Å². The topological polar surface area (TPSA) is 29.1 Å². The van der Waals surface area contributed by atoms with Crippen LogP contribution in [0.1, 0.15) is 60.0 Å². The van der Waals surface area contributed by atoms with Gasteiger partial charge >= 0.3 is 0 Å². The number of aryl methyl sites for hydroxylation is 3. The Kier molecular flexibility index (Phi) is 6.79. The summed E-state index contributed by atoms with van der Waals surface area (Å²) in [6.07, 6.45) is 5.90. The third kappa shape index (κ3) is 5.14. The molecule has 0 bridgehead atoms. The second kappa shape index (κ2) is 9.27. The predicted molar refractivity (Wildman–Crippen MR) is 112 cm³/mol. The molecule has 2 aromatic carbocycles. The molecule has 0 spiro atoms. The van der Waals surface area contributed by atoms with Crippen LogP contribution >= 0.6 is 11.8 Å². The van der Waals surface area contributed by atoms with Crippen molar-refractivity contribution in [2.24, 2.45) is 0 Å². The summed E-state index contributed by atoms with van der Waals surface area (Å²) in [6.45, 7) is 4.25. The average Bonchev–Trinajstić information content (AvgIpc) is 2.66. The van der Waals surface area contributed by atoms with Gasteiger partial charge in [-0.05, 0) is 61.3 Å². The molecule has 0 aromatic heterocycles. The van der Waals surface area contributed by atoms with Crippen molar-refractivity contribution >= 4 is 17.7 Å². The molecule has 0 fully saturated rings. The van der Waals surface area contributed by atoms with Gasteiger partial charge in [-0.2, -0.15) is 0 Å². The molecule has 0 aliphatic heterocycles. The Hall–Kier alpha value is -1.74. The highest BCUT2D eigenvalue weighted by molar-refractivity contribution is 7.99. The van der Waals surface area contributed by atoms with Crippen LogP contribution in [-0.2, 0) is 23.4 Å². The number of rotatable bonds is 7. The Morgan fingerprint density at radius 1 is 1.12 bits per heavy atom. The number of amides is 1. The zero-order valence-corrected chi connectivity index (χ0v) is 16.7. The Balaban J connectivity index is 1.53. The Morgan fingerprint density at radius 2 is 1.92 bits per heavy atom. The van der Waals surface area contributed by atoms with Gasteiger partial charge < -0.3 is 5.32 Å². The highest BCUT2D eigenvalue weighted by atomic mass is 32.2. The number of carbonyl (C=O) groups is 1. The van der Waals surface area contributed by atoms with Crippen LogP contribution in [0.4, 0.5) is 0 Å². The summed E-state index contributed by atoms with van der Waals surface area (Å²) in [5.74, 6) is 1.52. The van der Waals surface area contributed by atoms with Crippen LogP contribution in [0.3, 0.4) is 0 Å². The fourth-order valence-electron chi connectivity index (χ4n) is 3.69. The Bertz CT molecular complexity index is 756. The Morgan fingerprint density at radius 3 is 2.69 bits per heavy atom. The number of carbonyl (C=O) groups excluding carboxylic acids is 1. The van der Waals surface area contributed by atoms with Gasteiger partial charge in [0.05, 0.1) is 11.8 Å². The molecule has 1 aliphatic rings. The first-order valence-corrected chi connectivity index (χ1v) is 10.9. The van der Waals surface area contributed by atoms with Crippen LogP contribution in [-0.4, -0.2) is 11.7 Å². The molecule has 0 unspecified atom stereocenters. The van der Waals surface area contributed by atoms with E-state index >= 15 is 0 Å². The van der Waals surface area contributed by atoms with E-state index in [0.29, 0.717) is 5.75 Å². The first kappa shape index (κ1) is 19.0. The SMILES string of the molecule is CC[C@@H](NC(=O)CSCc1cccc(C)c1)c1ccc2c(c1)CCCC2. The monoisotopic (exact) mass is 367 g/mol. The van der Waals surface area contributed by atoms with Crippen LogP contribution in [0.15, 0.2) is 42.5 Å². The summed E-state index contributed by atoms with van der Waals surface area (Å²) in [4.78, 5) is 12.4. The second-order valence-electron chi connectivity index (χ2n) is 7.25. The molecule has 0 saturated heterocycles. The van der Waals surface area contributed by atoms with E-state index in [2.05, 4.69) is 61.6 Å². The summed E-state index contributed by atoms with van der Waals surface area (Å²) in [6, 6.07) is 15.4. The van der Waals surface area contributed by atoms with Crippen molar-refractivity contribution in [3.63, 3.8) is 0 Å². The zero-order valence-electron chi connectivity index (χ0n) is 15.9. The van der Waals surface area contributed by atoms with Crippen LogP contribution in [0.5, 0.6) is 0 Å². The molecule has 1 amide bonds. The average molecular weight is 368 g/mol. The van der Waals surface area contributed by atoms with Gasteiger partial charge in [0, 0.05) is 5.75 Å². The van der Waals surface area contributed by atoms with Gasteiger partial charge in [0.1, 0.15) is 0 Å². The normalized spacial score (nSPS) is 14.5. The number of thioether (sulfide) groups is 1. The van der Waals surface area contributed by atoms with Gasteiger partial charge in [-0.3, -0.25) is 4.79 Å². The van der Waals surface area contributed by atoms with Gasteiger partial charge in [0.25, 0.3) is 0 Å². The lowest BCUT2D eigenvalue weighted by Gasteiger charge is -2.21. The highest BCUT2D eigenvalue weighted by Gasteiger charge is 2.16. The minimum atomic E-state index is 0.120. The van der Waals surface area contributed by atoms with E-state index in [1.54, 1.807) is 11.8 Å². The van der Waals surface area contributed by atoms with E-state index < -0.39 is 0 Å². The maximum atomic E-state index is 12.4. The van der Waals surface area contributed by atoms with Crippen LogP contribution in [0.25, 0.3) is 0 Å². The molecule has 1 N–H and O–H groups in total. The molecule has 0 heterocycles. The highest BCUT2D eigenvalue weighted by Crippen LogP contribution is 2.26. The molecule has 26 heavy (non-hydrogen) atoms. The molecule has 3 rings (SSSR count). The molecule has 2 aromatic rings. The van der Waals surface area contributed by atoms with Crippen molar-refractivity contribution in [2.45, 2.75) is 57.7 Å². The minimum absolute atomic E-state index is 0.120. The molecule has 0 saturated carbocycles. The molecule has 138 valence electrons. The van der Waals surface area contributed by atoms with E-state index in [9.17, 15) is 4.79 Å². The molecule has 2 nitrogen and oxygen atoms in total. The van der Waals surface area contributed by atoms with E-state index in [1.807, 2.05) is 0 Å². The summed E-state index contributed by atoms with van der Waals surface area (Å²) in [7, 11) is 0. The fraction of sp³-hybridized carbons (Fsp3) is 0.435.